The van der Waals surface area contributed by atoms with E-state index in [-0.39, 0.29) is 23.7 Å². The van der Waals surface area contributed by atoms with Crippen molar-refractivity contribution in [2.45, 2.75) is 20.3 Å². The van der Waals surface area contributed by atoms with E-state index in [1.807, 2.05) is 0 Å². The summed E-state index contributed by atoms with van der Waals surface area (Å²) >= 11 is 0. The number of carboxylic acid groups (broad SMARTS) is 1. The van der Waals surface area contributed by atoms with E-state index in [1.165, 1.54) is 21.3 Å². The maximum Gasteiger partial charge on any atom is 0.309 e. The van der Waals surface area contributed by atoms with Gasteiger partial charge in [-0.1, -0.05) is 0 Å². The van der Waals surface area contributed by atoms with E-state index in [0.717, 1.165) is 6.07 Å². The number of carbonyl (C=O) groups is 1. The van der Waals surface area contributed by atoms with Gasteiger partial charge in [-0.15, -0.1) is 0 Å². The molecule has 0 bridgehead atoms. The summed E-state index contributed by atoms with van der Waals surface area (Å²) in [5, 5.41) is 9.22. The Balaban J connectivity index is 3.48. The molecule has 1 rings (SSSR count). The van der Waals surface area contributed by atoms with Crippen LogP contribution < -0.4 is 14.2 Å². The maximum atomic E-state index is 14.0. The van der Waals surface area contributed by atoms with Gasteiger partial charge in [0.1, 0.15) is 0 Å². The molecule has 6 heteroatoms. The van der Waals surface area contributed by atoms with Crippen molar-refractivity contribution < 1.29 is 28.5 Å². The van der Waals surface area contributed by atoms with Crippen molar-refractivity contribution in [1.82, 2.24) is 0 Å². The van der Waals surface area contributed by atoms with Gasteiger partial charge in [0, 0.05) is 11.6 Å². The Bertz CT molecular complexity index is 511. The highest BCUT2D eigenvalue weighted by Gasteiger charge is 2.32. The Morgan fingerprint density at radius 2 is 1.75 bits per heavy atom. The van der Waals surface area contributed by atoms with Crippen LogP contribution in [0.5, 0.6) is 17.2 Å². The van der Waals surface area contributed by atoms with Crippen LogP contribution in [-0.4, -0.2) is 32.4 Å². The summed E-state index contributed by atoms with van der Waals surface area (Å²) in [4.78, 5) is 11.3. The summed E-state index contributed by atoms with van der Waals surface area (Å²) in [6.45, 7) is 3.09. The summed E-state index contributed by atoms with van der Waals surface area (Å²) in [5.74, 6) is -1.18. The van der Waals surface area contributed by atoms with Crippen molar-refractivity contribution in [2.75, 3.05) is 21.3 Å². The smallest absolute Gasteiger partial charge is 0.309 e. The SMILES string of the molecule is COc1cc(F)c(OC)c(CC(C)(C)C(=O)O)c1OC. The molecule has 0 radical (unpaired) electrons. The minimum atomic E-state index is -1.10. The van der Waals surface area contributed by atoms with Crippen LogP contribution in [0.1, 0.15) is 19.4 Å². The number of rotatable bonds is 6. The van der Waals surface area contributed by atoms with Crippen LogP contribution in [0.15, 0.2) is 6.07 Å². The van der Waals surface area contributed by atoms with E-state index in [1.54, 1.807) is 13.8 Å². The van der Waals surface area contributed by atoms with Gasteiger partial charge < -0.3 is 19.3 Å². The van der Waals surface area contributed by atoms with Crippen LogP contribution in [0.25, 0.3) is 0 Å². The predicted molar refractivity (Wildman–Crippen MR) is 71.2 cm³/mol. The van der Waals surface area contributed by atoms with Gasteiger partial charge in [-0.2, -0.15) is 0 Å². The third-order valence-electron chi connectivity index (χ3n) is 3.07. The summed E-state index contributed by atoms with van der Waals surface area (Å²) in [6, 6.07) is 1.15. The summed E-state index contributed by atoms with van der Waals surface area (Å²) in [6.07, 6.45) is 0.0444. The minimum absolute atomic E-state index is 0.0306. The average molecular weight is 286 g/mol. The fourth-order valence-electron chi connectivity index (χ4n) is 1.92. The lowest BCUT2D eigenvalue weighted by atomic mass is 9.85. The number of halogens is 1. The molecule has 1 aromatic rings. The average Bonchev–Trinajstić information content (AvgIpc) is 2.37. The Morgan fingerprint density at radius 3 is 2.15 bits per heavy atom. The van der Waals surface area contributed by atoms with Crippen molar-refractivity contribution >= 4 is 5.97 Å². The third kappa shape index (κ3) is 2.95. The molecular formula is C14H19FO5. The number of hydrogen-bond acceptors (Lipinski definition) is 4. The molecule has 0 atom stereocenters. The summed E-state index contributed by atoms with van der Waals surface area (Å²) in [5.41, 5.74) is -0.765. The monoisotopic (exact) mass is 286 g/mol. The standard InChI is InChI=1S/C14H19FO5/c1-14(2,13(16)17)7-8-11(19-4)9(15)6-10(18-3)12(8)20-5/h6H,7H2,1-5H3,(H,16,17). The van der Waals surface area contributed by atoms with Crippen LogP contribution >= 0.6 is 0 Å². The lowest BCUT2D eigenvalue weighted by Crippen LogP contribution is -2.26. The molecule has 0 aliphatic heterocycles. The highest BCUT2D eigenvalue weighted by atomic mass is 19.1. The van der Waals surface area contributed by atoms with Gasteiger partial charge >= 0.3 is 5.97 Å². The Hall–Kier alpha value is -1.98. The first kappa shape index (κ1) is 16.1. The molecular weight excluding hydrogens is 267 g/mol. The molecule has 1 aromatic carbocycles. The van der Waals surface area contributed by atoms with E-state index in [4.69, 9.17) is 14.2 Å². The van der Waals surface area contributed by atoms with Crippen molar-refractivity contribution in [3.63, 3.8) is 0 Å². The second-order valence-corrected chi connectivity index (χ2v) is 4.97. The van der Waals surface area contributed by atoms with E-state index < -0.39 is 17.2 Å². The van der Waals surface area contributed by atoms with E-state index >= 15 is 0 Å². The lowest BCUT2D eigenvalue weighted by molar-refractivity contribution is -0.146. The first-order chi connectivity index (χ1) is 9.28. The number of benzene rings is 1. The van der Waals surface area contributed by atoms with Crippen molar-refractivity contribution in [1.29, 1.82) is 0 Å². The fourth-order valence-corrected chi connectivity index (χ4v) is 1.92. The highest BCUT2D eigenvalue weighted by Crippen LogP contribution is 2.42. The zero-order valence-electron chi connectivity index (χ0n) is 12.2. The van der Waals surface area contributed by atoms with Gasteiger partial charge in [-0.3, -0.25) is 4.79 Å². The number of aliphatic carboxylic acids is 1. The molecule has 0 unspecified atom stereocenters. The second-order valence-electron chi connectivity index (χ2n) is 4.97. The fraction of sp³-hybridized carbons (Fsp3) is 0.500. The topological polar surface area (TPSA) is 65.0 Å². The molecule has 0 spiro atoms. The maximum absolute atomic E-state index is 14.0. The highest BCUT2D eigenvalue weighted by molar-refractivity contribution is 5.74. The molecule has 1 N–H and O–H groups in total. The summed E-state index contributed by atoms with van der Waals surface area (Å²) in [7, 11) is 4.12. The summed E-state index contributed by atoms with van der Waals surface area (Å²) < 4.78 is 29.3. The number of methoxy groups -OCH3 is 3. The van der Waals surface area contributed by atoms with E-state index in [2.05, 4.69) is 0 Å². The zero-order valence-corrected chi connectivity index (χ0v) is 12.2. The molecule has 0 saturated carbocycles. The van der Waals surface area contributed by atoms with Crippen LogP contribution in [0.2, 0.25) is 0 Å². The van der Waals surface area contributed by atoms with Gasteiger partial charge in [-0.05, 0) is 20.3 Å². The largest absolute Gasteiger partial charge is 0.493 e. The number of ether oxygens (including phenoxy) is 3. The van der Waals surface area contributed by atoms with Crippen LogP contribution in [0, 0.1) is 11.2 Å². The molecule has 0 aliphatic carbocycles. The molecule has 0 aliphatic rings. The van der Waals surface area contributed by atoms with Gasteiger partial charge in [0.15, 0.2) is 23.1 Å². The van der Waals surface area contributed by atoms with Crippen LogP contribution in [-0.2, 0) is 11.2 Å². The minimum Gasteiger partial charge on any atom is -0.493 e. The molecule has 112 valence electrons. The first-order valence-electron chi connectivity index (χ1n) is 5.99. The third-order valence-corrected chi connectivity index (χ3v) is 3.07. The molecule has 0 saturated heterocycles. The zero-order chi connectivity index (χ0) is 15.5. The van der Waals surface area contributed by atoms with Crippen LogP contribution in [0.3, 0.4) is 0 Å². The van der Waals surface area contributed by atoms with Gasteiger partial charge in [0.05, 0.1) is 26.7 Å². The van der Waals surface area contributed by atoms with E-state index in [9.17, 15) is 14.3 Å². The van der Waals surface area contributed by atoms with E-state index in [0.29, 0.717) is 5.56 Å². The van der Waals surface area contributed by atoms with Crippen molar-refractivity contribution in [3.8, 4) is 17.2 Å². The van der Waals surface area contributed by atoms with Gasteiger partial charge in [-0.25, -0.2) is 4.39 Å². The second kappa shape index (κ2) is 5.98. The Kier molecular flexibility index (Phi) is 4.81. The first-order valence-corrected chi connectivity index (χ1v) is 5.99. The number of carboxylic acids is 1. The quantitative estimate of drug-likeness (QED) is 0.870. The molecule has 0 heterocycles. The lowest BCUT2D eigenvalue weighted by Gasteiger charge is -2.23. The molecule has 0 fully saturated rings. The Labute approximate surface area is 117 Å². The van der Waals surface area contributed by atoms with Crippen molar-refractivity contribution in [3.05, 3.63) is 17.4 Å². The van der Waals surface area contributed by atoms with Gasteiger partial charge in [0.25, 0.3) is 0 Å². The van der Waals surface area contributed by atoms with Gasteiger partial charge in [0.2, 0.25) is 0 Å². The normalized spacial score (nSPS) is 11.1. The molecule has 20 heavy (non-hydrogen) atoms. The molecule has 0 amide bonds. The number of hydrogen-bond donors (Lipinski definition) is 1. The Morgan fingerprint density at radius 1 is 1.20 bits per heavy atom. The molecule has 5 nitrogen and oxygen atoms in total. The van der Waals surface area contributed by atoms with Crippen molar-refractivity contribution in [2.24, 2.45) is 5.41 Å². The van der Waals surface area contributed by atoms with Crippen LogP contribution in [0.4, 0.5) is 4.39 Å². The predicted octanol–water partition coefficient (Wildman–Crippen LogP) is 2.50. The molecule has 0 aromatic heterocycles.